The Morgan fingerprint density at radius 1 is 1.69 bits per heavy atom. The number of aliphatic carboxylic acids is 1. The van der Waals surface area contributed by atoms with Crippen LogP contribution in [0, 0.1) is 5.92 Å². The Morgan fingerprint density at radius 3 is 2.85 bits per heavy atom. The predicted octanol–water partition coefficient (Wildman–Crippen LogP) is -0.0976. The van der Waals surface area contributed by atoms with Crippen LogP contribution in [-0.4, -0.2) is 39.8 Å². The molecule has 13 heavy (non-hydrogen) atoms. The maximum absolute atomic E-state index is 10.4. The third-order valence-corrected chi connectivity index (χ3v) is 3.51. The van der Waals surface area contributed by atoms with Crippen LogP contribution in [0.4, 0.5) is 0 Å². The monoisotopic (exact) mass is 205 g/mol. The number of hydrogen-bond donors (Lipinski definition) is 3. The summed E-state index contributed by atoms with van der Waals surface area (Å²) >= 11 is 1.80. The van der Waals surface area contributed by atoms with Crippen molar-refractivity contribution in [1.29, 1.82) is 0 Å². The van der Waals surface area contributed by atoms with Gasteiger partial charge in [0.15, 0.2) is 0 Å². The van der Waals surface area contributed by atoms with Gasteiger partial charge in [-0.1, -0.05) is 0 Å². The van der Waals surface area contributed by atoms with E-state index in [4.69, 9.17) is 10.8 Å². The Kier molecular flexibility index (Phi) is 4.02. The molecule has 1 saturated heterocycles. The van der Waals surface area contributed by atoms with Gasteiger partial charge in [0.05, 0.1) is 6.10 Å². The second-order valence-corrected chi connectivity index (χ2v) is 4.52. The van der Waals surface area contributed by atoms with Gasteiger partial charge < -0.3 is 15.9 Å². The minimum Gasteiger partial charge on any atom is -0.480 e. The molecule has 3 atom stereocenters. The standard InChI is InChI=1S/C8H15NO3S/c9-6(8(11)12)3-7(10)5-1-2-13-4-5/h5-7,10H,1-4,9H2,(H,11,12). The average Bonchev–Trinajstić information content (AvgIpc) is 2.55. The highest BCUT2D eigenvalue weighted by Crippen LogP contribution is 2.27. The minimum atomic E-state index is -1.04. The Bertz CT molecular complexity index is 182. The quantitative estimate of drug-likeness (QED) is 0.597. The number of rotatable bonds is 4. The first-order chi connectivity index (χ1) is 6.11. The molecule has 4 N–H and O–H groups in total. The van der Waals surface area contributed by atoms with E-state index >= 15 is 0 Å². The molecule has 0 saturated carbocycles. The van der Waals surface area contributed by atoms with Gasteiger partial charge in [-0.2, -0.15) is 11.8 Å². The highest BCUT2D eigenvalue weighted by molar-refractivity contribution is 7.99. The number of aliphatic hydroxyl groups is 1. The van der Waals surface area contributed by atoms with Gasteiger partial charge >= 0.3 is 5.97 Å². The van der Waals surface area contributed by atoms with Crippen LogP contribution in [0.3, 0.4) is 0 Å². The zero-order valence-corrected chi connectivity index (χ0v) is 8.17. The van der Waals surface area contributed by atoms with Crippen molar-refractivity contribution in [3.05, 3.63) is 0 Å². The molecule has 0 radical (unpaired) electrons. The molecule has 1 aliphatic heterocycles. The lowest BCUT2D eigenvalue weighted by molar-refractivity contribution is -0.139. The topological polar surface area (TPSA) is 83.5 Å². The molecule has 0 spiro atoms. The fourth-order valence-electron chi connectivity index (χ4n) is 1.41. The van der Waals surface area contributed by atoms with Crippen LogP contribution in [0.2, 0.25) is 0 Å². The van der Waals surface area contributed by atoms with E-state index in [0.29, 0.717) is 0 Å². The lowest BCUT2D eigenvalue weighted by atomic mass is 9.96. The third kappa shape index (κ3) is 3.17. The van der Waals surface area contributed by atoms with E-state index in [-0.39, 0.29) is 12.3 Å². The minimum absolute atomic E-state index is 0.167. The molecule has 0 aromatic heterocycles. The third-order valence-electron chi connectivity index (χ3n) is 2.32. The van der Waals surface area contributed by atoms with Crippen LogP contribution in [0.15, 0.2) is 0 Å². The van der Waals surface area contributed by atoms with E-state index in [1.165, 1.54) is 0 Å². The van der Waals surface area contributed by atoms with Crippen molar-refractivity contribution >= 4 is 17.7 Å². The summed E-state index contributed by atoms with van der Waals surface area (Å²) in [6, 6.07) is -0.930. The summed E-state index contributed by atoms with van der Waals surface area (Å²) in [5.41, 5.74) is 5.32. The maximum Gasteiger partial charge on any atom is 0.320 e. The van der Waals surface area contributed by atoms with E-state index in [2.05, 4.69) is 0 Å². The number of carboxylic acid groups (broad SMARTS) is 1. The van der Waals surface area contributed by atoms with E-state index in [0.717, 1.165) is 17.9 Å². The second-order valence-electron chi connectivity index (χ2n) is 3.37. The number of thioether (sulfide) groups is 1. The fourth-order valence-corrected chi connectivity index (χ4v) is 2.74. The molecule has 0 aromatic rings. The van der Waals surface area contributed by atoms with Crippen molar-refractivity contribution in [3.8, 4) is 0 Å². The van der Waals surface area contributed by atoms with Crippen LogP contribution >= 0.6 is 11.8 Å². The molecule has 1 heterocycles. The largest absolute Gasteiger partial charge is 0.480 e. The Hall–Kier alpha value is -0.260. The molecule has 1 fully saturated rings. The summed E-state index contributed by atoms with van der Waals surface area (Å²) in [5.74, 6) is 1.18. The van der Waals surface area contributed by atoms with Crippen LogP contribution in [0.5, 0.6) is 0 Å². The van der Waals surface area contributed by atoms with E-state index in [9.17, 15) is 9.90 Å². The summed E-state index contributed by atoms with van der Waals surface area (Å²) in [4.78, 5) is 10.4. The van der Waals surface area contributed by atoms with Gasteiger partial charge in [0.2, 0.25) is 0 Å². The van der Waals surface area contributed by atoms with E-state index in [1.54, 1.807) is 11.8 Å². The molecule has 0 amide bonds. The Balaban J connectivity index is 2.30. The van der Waals surface area contributed by atoms with Gasteiger partial charge in [0, 0.05) is 0 Å². The molecule has 76 valence electrons. The van der Waals surface area contributed by atoms with Gasteiger partial charge in [-0.3, -0.25) is 4.79 Å². The zero-order chi connectivity index (χ0) is 9.84. The average molecular weight is 205 g/mol. The molecule has 3 unspecified atom stereocenters. The highest BCUT2D eigenvalue weighted by atomic mass is 32.2. The van der Waals surface area contributed by atoms with E-state index < -0.39 is 18.1 Å². The number of hydrogen-bond acceptors (Lipinski definition) is 4. The van der Waals surface area contributed by atoms with E-state index in [1.807, 2.05) is 0 Å². The molecular weight excluding hydrogens is 190 g/mol. The first-order valence-corrected chi connectivity index (χ1v) is 5.51. The SMILES string of the molecule is NC(CC(O)C1CCSC1)C(=O)O. The summed E-state index contributed by atoms with van der Waals surface area (Å²) in [6.45, 7) is 0. The zero-order valence-electron chi connectivity index (χ0n) is 7.35. The van der Waals surface area contributed by atoms with Crippen LogP contribution < -0.4 is 5.73 Å². The van der Waals surface area contributed by atoms with Crippen LogP contribution in [-0.2, 0) is 4.79 Å². The molecular formula is C8H15NO3S. The molecule has 0 bridgehead atoms. The van der Waals surface area contributed by atoms with Gasteiger partial charge in [-0.15, -0.1) is 0 Å². The van der Waals surface area contributed by atoms with Crippen LogP contribution in [0.1, 0.15) is 12.8 Å². The lowest BCUT2D eigenvalue weighted by Crippen LogP contribution is -2.36. The molecule has 1 aliphatic rings. The van der Waals surface area contributed by atoms with Crippen molar-refractivity contribution in [3.63, 3.8) is 0 Å². The lowest BCUT2D eigenvalue weighted by Gasteiger charge is -2.18. The van der Waals surface area contributed by atoms with Crippen molar-refractivity contribution < 1.29 is 15.0 Å². The smallest absolute Gasteiger partial charge is 0.320 e. The molecule has 1 rings (SSSR count). The predicted molar refractivity (Wildman–Crippen MR) is 51.7 cm³/mol. The van der Waals surface area contributed by atoms with Gasteiger partial charge in [0.25, 0.3) is 0 Å². The maximum atomic E-state index is 10.4. The van der Waals surface area contributed by atoms with Gasteiger partial charge in [-0.05, 0) is 30.3 Å². The van der Waals surface area contributed by atoms with Crippen molar-refractivity contribution in [2.24, 2.45) is 11.7 Å². The van der Waals surface area contributed by atoms with Crippen molar-refractivity contribution in [2.75, 3.05) is 11.5 Å². The van der Waals surface area contributed by atoms with Crippen molar-refractivity contribution in [2.45, 2.75) is 25.0 Å². The number of carbonyl (C=O) groups is 1. The normalized spacial score (nSPS) is 27.1. The van der Waals surface area contributed by atoms with Crippen molar-refractivity contribution in [1.82, 2.24) is 0 Å². The number of aliphatic hydroxyl groups excluding tert-OH is 1. The highest BCUT2D eigenvalue weighted by Gasteiger charge is 2.26. The number of carboxylic acids is 1. The first kappa shape index (κ1) is 10.8. The first-order valence-electron chi connectivity index (χ1n) is 4.35. The summed E-state index contributed by atoms with van der Waals surface area (Å²) in [5, 5.41) is 18.1. The summed E-state index contributed by atoms with van der Waals surface area (Å²) in [6.07, 6.45) is 0.583. The molecule has 0 aliphatic carbocycles. The van der Waals surface area contributed by atoms with Crippen LogP contribution in [0.25, 0.3) is 0 Å². The summed E-state index contributed by atoms with van der Waals surface area (Å²) < 4.78 is 0. The Morgan fingerprint density at radius 2 is 2.38 bits per heavy atom. The van der Waals surface area contributed by atoms with Gasteiger partial charge in [-0.25, -0.2) is 0 Å². The molecule has 5 heteroatoms. The fraction of sp³-hybridized carbons (Fsp3) is 0.875. The summed E-state index contributed by atoms with van der Waals surface area (Å²) in [7, 11) is 0. The molecule has 0 aromatic carbocycles. The number of nitrogens with two attached hydrogens (primary N) is 1. The Labute approximate surface area is 81.5 Å². The van der Waals surface area contributed by atoms with Gasteiger partial charge in [0.1, 0.15) is 6.04 Å². The second kappa shape index (κ2) is 4.83. The molecule has 4 nitrogen and oxygen atoms in total.